The molecule has 2 aromatic rings. The molecule has 140 valence electrons. The lowest BCUT2D eigenvalue weighted by Crippen LogP contribution is -2.49. The van der Waals surface area contributed by atoms with E-state index in [1.165, 1.54) is 5.56 Å². The first-order chi connectivity index (χ1) is 13.1. The highest BCUT2D eigenvalue weighted by Crippen LogP contribution is 2.36. The van der Waals surface area contributed by atoms with E-state index in [1.54, 1.807) is 13.2 Å². The highest BCUT2D eigenvalue weighted by Gasteiger charge is 2.37. The second-order valence-corrected chi connectivity index (χ2v) is 7.91. The lowest BCUT2D eigenvalue weighted by Gasteiger charge is -2.42. The van der Waals surface area contributed by atoms with Crippen molar-refractivity contribution in [2.24, 2.45) is 5.92 Å². The van der Waals surface area contributed by atoms with Crippen LogP contribution in [0.4, 0.5) is 0 Å². The van der Waals surface area contributed by atoms with Gasteiger partial charge in [-0.25, -0.2) is 4.98 Å². The molecule has 0 saturated carbocycles. The standard InChI is InChI=1S/C21H23N3O3/c1-27-20-16(9-14-4-2-5-17(14)22-20)21(26)23-10-13-8-15(12-23)18-6-3-7-19(25)24(18)11-13/h3,6-7,9,13,15H,2,4-5,8,10-12H2,1H3. The summed E-state index contributed by atoms with van der Waals surface area (Å²) in [6.07, 6.45) is 4.06. The summed E-state index contributed by atoms with van der Waals surface area (Å²) >= 11 is 0. The zero-order valence-corrected chi connectivity index (χ0v) is 15.5. The van der Waals surface area contributed by atoms with Gasteiger partial charge in [0.15, 0.2) is 0 Å². The van der Waals surface area contributed by atoms with Gasteiger partial charge in [0.1, 0.15) is 5.56 Å². The number of hydrogen-bond donors (Lipinski definition) is 0. The quantitative estimate of drug-likeness (QED) is 0.817. The lowest BCUT2D eigenvalue weighted by molar-refractivity contribution is 0.0590. The second kappa shape index (κ2) is 6.22. The topological polar surface area (TPSA) is 64.4 Å². The number of piperidine rings is 1. The van der Waals surface area contributed by atoms with Crippen LogP contribution in [-0.4, -0.2) is 40.6 Å². The second-order valence-electron chi connectivity index (χ2n) is 7.91. The summed E-state index contributed by atoms with van der Waals surface area (Å²) in [4.78, 5) is 32.0. The number of carbonyl (C=O) groups is 1. The van der Waals surface area contributed by atoms with Crippen LogP contribution < -0.4 is 10.3 Å². The molecule has 0 aromatic carbocycles. The molecule has 1 fully saturated rings. The molecular weight excluding hydrogens is 342 g/mol. The van der Waals surface area contributed by atoms with E-state index < -0.39 is 0 Å². The monoisotopic (exact) mass is 365 g/mol. The van der Waals surface area contributed by atoms with Crippen molar-refractivity contribution in [2.75, 3.05) is 20.2 Å². The summed E-state index contributed by atoms with van der Waals surface area (Å²) in [5.41, 5.74) is 3.92. The number of carbonyl (C=O) groups excluding carboxylic acids is 1. The van der Waals surface area contributed by atoms with Gasteiger partial charge in [0.25, 0.3) is 11.5 Å². The van der Waals surface area contributed by atoms with Gasteiger partial charge in [0.05, 0.1) is 7.11 Å². The molecule has 0 radical (unpaired) electrons. The predicted molar refractivity (Wildman–Crippen MR) is 100 cm³/mol. The number of methoxy groups -OCH3 is 1. The average molecular weight is 365 g/mol. The Labute approximate surface area is 157 Å². The number of nitrogens with zero attached hydrogens (tertiary/aromatic N) is 3. The van der Waals surface area contributed by atoms with Crippen molar-refractivity contribution in [3.63, 3.8) is 0 Å². The fourth-order valence-corrected chi connectivity index (χ4v) is 4.99. The average Bonchev–Trinajstić information content (AvgIpc) is 3.14. The van der Waals surface area contributed by atoms with E-state index in [0.717, 1.165) is 37.1 Å². The molecule has 6 heteroatoms. The molecule has 3 aliphatic rings. The van der Waals surface area contributed by atoms with Crippen LogP contribution in [0.15, 0.2) is 29.1 Å². The maximum absolute atomic E-state index is 13.3. The van der Waals surface area contributed by atoms with Crippen molar-refractivity contribution in [3.8, 4) is 5.88 Å². The number of aryl methyl sites for hydroxylation is 2. The summed E-state index contributed by atoms with van der Waals surface area (Å²) < 4.78 is 7.33. The summed E-state index contributed by atoms with van der Waals surface area (Å²) in [7, 11) is 1.58. The van der Waals surface area contributed by atoms with Crippen molar-refractivity contribution in [1.82, 2.24) is 14.5 Å². The number of fused-ring (bicyclic) bond motifs is 5. The number of rotatable bonds is 2. The maximum atomic E-state index is 13.3. The summed E-state index contributed by atoms with van der Waals surface area (Å²) in [6.45, 7) is 2.00. The Kier molecular flexibility index (Phi) is 3.81. The van der Waals surface area contributed by atoms with E-state index >= 15 is 0 Å². The Morgan fingerprint density at radius 1 is 1.22 bits per heavy atom. The SMILES string of the molecule is COc1nc2c(cc1C(=O)N1CC3CC(C1)c1cccc(=O)n1C3)CCC2. The first-order valence-corrected chi connectivity index (χ1v) is 9.70. The van der Waals surface area contributed by atoms with E-state index in [4.69, 9.17) is 4.74 Å². The van der Waals surface area contributed by atoms with Crippen LogP contribution in [0.2, 0.25) is 0 Å². The highest BCUT2D eigenvalue weighted by molar-refractivity contribution is 5.96. The van der Waals surface area contributed by atoms with E-state index in [-0.39, 0.29) is 17.4 Å². The Morgan fingerprint density at radius 3 is 2.96 bits per heavy atom. The molecule has 0 spiro atoms. The highest BCUT2D eigenvalue weighted by atomic mass is 16.5. The molecule has 27 heavy (non-hydrogen) atoms. The Morgan fingerprint density at radius 2 is 2.11 bits per heavy atom. The van der Waals surface area contributed by atoms with Crippen LogP contribution in [0.25, 0.3) is 0 Å². The van der Waals surface area contributed by atoms with Crippen LogP contribution in [-0.2, 0) is 19.4 Å². The van der Waals surface area contributed by atoms with E-state index in [1.807, 2.05) is 27.7 Å². The number of hydrogen-bond acceptors (Lipinski definition) is 4. The molecule has 4 heterocycles. The van der Waals surface area contributed by atoms with Gasteiger partial charge in [-0.05, 0) is 49.3 Å². The molecule has 6 nitrogen and oxygen atoms in total. The first-order valence-electron chi connectivity index (χ1n) is 9.70. The van der Waals surface area contributed by atoms with Crippen LogP contribution in [0.3, 0.4) is 0 Å². The lowest BCUT2D eigenvalue weighted by atomic mass is 9.83. The minimum absolute atomic E-state index is 0.00419. The molecule has 1 aliphatic carbocycles. The Hall–Kier alpha value is -2.63. The van der Waals surface area contributed by atoms with Gasteiger partial charge in [-0.15, -0.1) is 0 Å². The smallest absolute Gasteiger partial charge is 0.259 e. The van der Waals surface area contributed by atoms with Crippen molar-refractivity contribution in [3.05, 3.63) is 57.1 Å². The van der Waals surface area contributed by atoms with Crippen LogP contribution in [0, 0.1) is 5.92 Å². The Balaban J connectivity index is 1.47. The van der Waals surface area contributed by atoms with E-state index in [2.05, 4.69) is 4.98 Å². The molecule has 1 saturated heterocycles. The van der Waals surface area contributed by atoms with Gasteiger partial charge >= 0.3 is 0 Å². The van der Waals surface area contributed by atoms with Crippen LogP contribution >= 0.6 is 0 Å². The van der Waals surface area contributed by atoms with Gasteiger partial charge in [-0.3, -0.25) is 9.59 Å². The summed E-state index contributed by atoms with van der Waals surface area (Å²) in [5, 5.41) is 0. The maximum Gasteiger partial charge on any atom is 0.259 e. The van der Waals surface area contributed by atoms with E-state index in [9.17, 15) is 9.59 Å². The third-order valence-electron chi connectivity index (χ3n) is 6.21. The van der Waals surface area contributed by atoms with Crippen LogP contribution in [0.5, 0.6) is 5.88 Å². The van der Waals surface area contributed by atoms with Gasteiger partial charge < -0.3 is 14.2 Å². The van der Waals surface area contributed by atoms with E-state index in [0.29, 0.717) is 37.0 Å². The molecular formula is C21H23N3O3. The molecule has 1 amide bonds. The molecule has 2 aliphatic heterocycles. The van der Waals surface area contributed by atoms with Crippen molar-refractivity contribution in [1.29, 1.82) is 0 Å². The number of amides is 1. The zero-order valence-electron chi connectivity index (χ0n) is 15.5. The van der Waals surface area contributed by atoms with Crippen molar-refractivity contribution >= 4 is 5.91 Å². The molecule has 2 atom stereocenters. The molecule has 0 N–H and O–H groups in total. The van der Waals surface area contributed by atoms with Crippen LogP contribution in [0.1, 0.15) is 46.1 Å². The zero-order chi connectivity index (χ0) is 18.5. The molecule has 2 bridgehead atoms. The number of aromatic nitrogens is 2. The fraction of sp³-hybridized carbons (Fsp3) is 0.476. The van der Waals surface area contributed by atoms with Gasteiger partial charge in [-0.1, -0.05) is 6.07 Å². The van der Waals surface area contributed by atoms with Crippen molar-refractivity contribution < 1.29 is 9.53 Å². The number of ether oxygens (including phenoxy) is 1. The minimum atomic E-state index is -0.00419. The predicted octanol–water partition coefficient (Wildman–Crippen LogP) is 2.00. The minimum Gasteiger partial charge on any atom is -0.480 e. The fourth-order valence-electron chi connectivity index (χ4n) is 4.99. The molecule has 2 unspecified atom stereocenters. The summed E-state index contributed by atoms with van der Waals surface area (Å²) in [6, 6.07) is 7.45. The Bertz CT molecular complexity index is 981. The van der Waals surface area contributed by atoms with Gasteiger partial charge in [-0.2, -0.15) is 0 Å². The van der Waals surface area contributed by atoms with Crippen molar-refractivity contribution in [2.45, 2.75) is 38.1 Å². The largest absolute Gasteiger partial charge is 0.480 e. The number of likely N-dealkylation sites (tertiary alicyclic amines) is 1. The number of pyridine rings is 2. The van der Waals surface area contributed by atoms with Gasteiger partial charge in [0.2, 0.25) is 5.88 Å². The third kappa shape index (κ3) is 2.66. The van der Waals surface area contributed by atoms with Gasteiger partial charge in [0, 0.05) is 43.0 Å². The first kappa shape index (κ1) is 16.5. The normalized spacial score (nSPS) is 22.9. The molecule has 5 rings (SSSR count). The third-order valence-corrected chi connectivity index (χ3v) is 6.21. The summed E-state index contributed by atoms with van der Waals surface area (Å²) in [5.74, 6) is 0.959. The molecule has 2 aromatic heterocycles.